The van der Waals surface area contributed by atoms with Crippen LogP contribution in [0.2, 0.25) is 5.02 Å². The maximum Gasteiger partial charge on any atom is 0.254 e. The molecule has 0 amide bonds. The molecule has 1 aliphatic rings. The average molecular weight is 468 g/mol. The Morgan fingerprint density at radius 1 is 1.24 bits per heavy atom. The van der Waals surface area contributed by atoms with Crippen molar-refractivity contribution >= 4 is 17.5 Å². The number of rotatable bonds is 6. The van der Waals surface area contributed by atoms with Crippen molar-refractivity contribution in [1.82, 2.24) is 14.5 Å². The van der Waals surface area contributed by atoms with Gasteiger partial charge in [0.2, 0.25) is 5.95 Å². The predicted octanol–water partition coefficient (Wildman–Crippen LogP) is 3.96. The molecule has 0 N–H and O–H groups in total. The quantitative estimate of drug-likeness (QED) is 0.545. The molecular formula is C24H23ClFN5O2. The average Bonchev–Trinajstić information content (AvgIpc) is 2.84. The molecule has 0 saturated carbocycles. The second-order valence-electron chi connectivity index (χ2n) is 7.92. The number of aryl methyl sites for hydroxylation is 1. The first kappa shape index (κ1) is 22.7. The molecule has 3 heterocycles. The molecule has 1 fully saturated rings. The smallest absolute Gasteiger partial charge is 0.254 e. The highest BCUT2D eigenvalue weighted by atomic mass is 35.5. The summed E-state index contributed by atoms with van der Waals surface area (Å²) < 4.78 is 21.5. The summed E-state index contributed by atoms with van der Waals surface area (Å²) in [6, 6.07) is 7.37. The lowest BCUT2D eigenvalue weighted by atomic mass is 10.1. The van der Waals surface area contributed by atoms with Crippen LogP contribution in [0.4, 0.5) is 10.3 Å². The van der Waals surface area contributed by atoms with Gasteiger partial charge in [-0.1, -0.05) is 24.6 Å². The second-order valence-corrected chi connectivity index (χ2v) is 8.33. The standard InChI is InChI=1S/C24H23ClFN5O2/c1-2-16-12-28-24(29-13-16)30-7-5-19(6-8-30)33-22-10-23(32)31(15-20(22)25)14-18-4-3-17(11-27)9-21(18)26/h3-4,9-10,12-13,15,19H,2,5-8,14H2,1H3. The summed E-state index contributed by atoms with van der Waals surface area (Å²) in [4.78, 5) is 23.6. The Hall–Kier alpha value is -3.44. The SMILES string of the molecule is CCc1cnc(N2CCC(Oc3cc(=O)n(Cc4ccc(C#N)cc4F)cc3Cl)CC2)nc1. The van der Waals surface area contributed by atoms with Crippen molar-refractivity contribution in [2.75, 3.05) is 18.0 Å². The summed E-state index contributed by atoms with van der Waals surface area (Å²) in [6.07, 6.45) is 7.46. The van der Waals surface area contributed by atoms with Crippen LogP contribution in [0.3, 0.4) is 0 Å². The van der Waals surface area contributed by atoms with Gasteiger partial charge in [0, 0.05) is 56.2 Å². The zero-order valence-corrected chi connectivity index (χ0v) is 18.9. The highest BCUT2D eigenvalue weighted by molar-refractivity contribution is 6.31. The Kier molecular flexibility index (Phi) is 6.90. The minimum Gasteiger partial charge on any atom is -0.488 e. The summed E-state index contributed by atoms with van der Waals surface area (Å²) in [5.41, 5.74) is 1.27. The molecule has 0 radical (unpaired) electrons. The van der Waals surface area contributed by atoms with Gasteiger partial charge in [-0.3, -0.25) is 4.79 Å². The number of anilines is 1. The molecule has 0 spiro atoms. The third-order valence-electron chi connectivity index (χ3n) is 5.68. The fourth-order valence-electron chi connectivity index (χ4n) is 3.72. The lowest BCUT2D eigenvalue weighted by Gasteiger charge is -2.32. The largest absolute Gasteiger partial charge is 0.488 e. The van der Waals surface area contributed by atoms with Crippen molar-refractivity contribution in [3.05, 3.63) is 80.7 Å². The van der Waals surface area contributed by atoms with Gasteiger partial charge in [-0.15, -0.1) is 0 Å². The van der Waals surface area contributed by atoms with E-state index in [1.807, 2.05) is 18.5 Å². The Balaban J connectivity index is 1.40. The maximum absolute atomic E-state index is 14.2. The fraction of sp³-hybridized carbons (Fsp3) is 0.333. The van der Waals surface area contributed by atoms with E-state index < -0.39 is 5.82 Å². The highest BCUT2D eigenvalue weighted by Crippen LogP contribution is 2.27. The monoisotopic (exact) mass is 467 g/mol. The normalized spacial score (nSPS) is 14.2. The second kappa shape index (κ2) is 10.0. The first-order valence-corrected chi connectivity index (χ1v) is 11.2. The van der Waals surface area contributed by atoms with Crippen molar-refractivity contribution in [3.63, 3.8) is 0 Å². The molecule has 0 aliphatic carbocycles. The number of hydrogen-bond donors (Lipinski definition) is 0. The number of ether oxygens (including phenoxy) is 1. The van der Waals surface area contributed by atoms with Crippen molar-refractivity contribution < 1.29 is 9.13 Å². The van der Waals surface area contributed by atoms with Gasteiger partial charge >= 0.3 is 0 Å². The molecule has 7 nitrogen and oxygen atoms in total. The van der Waals surface area contributed by atoms with Crippen molar-refractivity contribution in [2.45, 2.75) is 38.8 Å². The third-order valence-corrected chi connectivity index (χ3v) is 5.97. The van der Waals surface area contributed by atoms with E-state index in [2.05, 4.69) is 21.8 Å². The Morgan fingerprint density at radius 3 is 2.61 bits per heavy atom. The van der Waals surface area contributed by atoms with E-state index in [9.17, 15) is 9.18 Å². The summed E-state index contributed by atoms with van der Waals surface area (Å²) in [6.45, 7) is 3.55. The van der Waals surface area contributed by atoms with Crippen molar-refractivity contribution in [1.29, 1.82) is 5.26 Å². The van der Waals surface area contributed by atoms with Crippen LogP contribution < -0.4 is 15.2 Å². The number of pyridine rings is 1. The Labute approximate surface area is 196 Å². The molecule has 9 heteroatoms. The van der Waals surface area contributed by atoms with E-state index in [0.717, 1.165) is 44.0 Å². The molecule has 0 atom stereocenters. The summed E-state index contributed by atoms with van der Waals surface area (Å²) in [7, 11) is 0. The summed E-state index contributed by atoms with van der Waals surface area (Å²) in [5.74, 6) is 0.485. The number of benzene rings is 1. The molecule has 33 heavy (non-hydrogen) atoms. The Bertz CT molecular complexity index is 1230. The first-order chi connectivity index (χ1) is 16.0. The summed E-state index contributed by atoms with van der Waals surface area (Å²) >= 11 is 6.38. The predicted molar refractivity (Wildman–Crippen MR) is 123 cm³/mol. The fourth-order valence-corrected chi connectivity index (χ4v) is 3.93. The van der Waals surface area contributed by atoms with Crippen LogP contribution in [-0.4, -0.2) is 33.7 Å². The number of nitriles is 1. The number of halogens is 2. The van der Waals surface area contributed by atoms with E-state index in [-0.39, 0.29) is 28.8 Å². The highest BCUT2D eigenvalue weighted by Gasteiger charge is 2.23. The molecule has 170 valence electrons. The molecule has 4 rings (SSSR count). The molecule has 1 saturated heterocycles. The zero-order valence-electron chi connectivity index (χ0n) is 18.2. The maximum atomic E-state index is 14.2. The van der Waals surface area contributed by atoms with E-state index in [1.54, 1.807) is 0 Å². The van der Waals surface area contributed by atoms with E-state index in [4.69, 9.17) is 21.6 Å². The molecular weight excluding hydrogens is 445 g/mol. The van der Waals surface area contributed by atoms with Gasteiger partial charge in [0.25, 0.3) is 5.56 Å². The van der Waals surface area contributed by atoms with E-state index in [0.29, 0.717) is 17.3 Å². The van der Waals surface area contributed by atoms with Crippen LogP contribution in [0, 0.1) is 17.1 Å². The number of nitrogens with zero attached hydrogens (tertiary/aromatic N) is 5. The van der Waals surface area contributed by atoms with Crippen LogP contribution in [0.5, 0.6) is 5.75 Å². The van der Waals surface area contributed by atoms with Crippen LogP contribution >= 0.6 is 11.6 Å². The first-order valence-electron chi connectivity index (χ1n) is 10.8. The zero-order chi connectivity index (χ0) is 23.4. The van der Waals surface area contributed by atoms with Crippen molar-refractivity contribution in [2.24, 2.45) is 0 Å². The van der Waals surface area contributed by atoms with Gasteiger partial charge in [-0.25, -0.2) is 14.4 Å². The number of aromatic nitrogens is 3. The van der Waals surface area contributed by atoms with Gasteiger partial charge in [0.1, 0.15) is 17.7 Å². The molecule has 2 aromatic heterocycles. The molecule has 0 unspecified atom stereocenters. The van der Waals surface area contributed by atoms with Gasteiger partial charge in [0.05, 0.1) is 23.2 Å². The van der Waals surface area contributed by atoms with Gasteiger partial charge in [-0.05, 0) is 24.1 Å². The minimum atomic E-state index is -0.544. The third kappa shape index (κ3) is 5.32. The molecule has 1 aromatic carbocycles. The lowest BCUT2D eigenvalue weighted by molar-refractivity contribution is 0.170. The van der Waals surface area contributed by atoms with Gasteiger partial charge < -0.3 is 14.2 Å². The number of hydrogen-bond acceptors (Lipinski definition) is 6. The van der Waals surface area contributed by atoms with Crippen LogP contribution in [0.25, 0.3) is 0 Å². The Morgan fingerprint density at radius 2 is 1.97 bits per heavy atom. The van der Waals surface area contributed by atoms with Crippen LogP contribution in [0.1, 0.15) is 36.5 Å². The van der Waals surface area contributed by atoms with Gasteiger partial charge in [-0.2, -0.15) is 5.26 Å². The summed E-state index contributed by atoms with van der Waals surface area (Å²) in [5, 5.41) is 9.15. The van der Waals surface area contributed by atoms with Crippen LogP contribution in [-0.2, 0) is 13.0 Å². The molecule has 0 bridgehead atoms. The van der Waals surface area contributed by atoms with E-state index in [1.165, 1.54) is 29.0 Å². The topological polar surface area (TPSA) is 84.0 Å². The van der Waals surface area contributed by atoms with E-state index >= 15 is 0 Å². The number of piperidine rings is 1. The molecule has 3 aromatic rings. The van der Waals surface area contributed by atoms with Crippen LogP contribution in [0.15, 0.2) is 47.7 Å². The molecule has 1 aliphatic heterocycles. The van der Waals surface area contributed by atoms with Crippen molar-refractivity contribution in [3.8, 4) is 11.8 Å². The lowest BCUT2D eigenvalue weighted by Crippen LogP contribution is -2.39. The van der Waals surface area contributed by atoms with Gasteiger partial charge in [0.15, 0.2) is 0 Å². The minimum absolute atomic E-state index is 0.00554.